The van der Waals surface area contributed by atoms with Crippen LogP contribution in [0.3, 0.4) is 0 Å². The summed E-state index contributed by atoms with van der Waals surface area (Å²) in [6, 6.07) is 3.63. The Balaban J connectivity index is 2.16. The Kier molecular flexibility index (Phi) is 2.41. The number of hydrogen-bond donors (Lipinski definition) is 1. The van der Waals surface area contributed by atoms with E-state index in [2.05, 4.69) is 15.0 Å². The number of aromatic nitrogens is 3. The van der Waals surface area contributed by atoms with E-state index in [0.29, 0.717) is 27.6 Å². The van der Waals surface area contributed by atoms with E-state index < -0.39 is 0 Å². The molecule has 0 radical (unpaired) electrons. The lowest BCUT2D eigenvalue weighted by Gasteiger charge is -1.94. The SMILES string of the molecule is Cc1cc2oc(-c3cnc(N)nc3)nc2cc1Cl. The van der Waals surface area contributed by atoms with Crippen molar-refractivity contribution in [3.8, 4) is 11.5 Å². The van der Waals surface area contributed by atoms with E-state index in [9.17, 15) is 0 Å². The van der Waals surface area contributed by atoms with Crippen molar-refractivity contribution in [2.75, 3.05) is 5.73 Å². The molecule has 18 heavy (non-hydrogen) atoms. The van der Waals surface area contributed by atoms with Crippen LogP contribution in [0.5, 0.6) is 0 Å². The molecule has 3 aromatic rings. The Bertz CT molecular complexity index is 682. The topological polar surface area (TPSA) is 77.8 Å². The van der Waals surface area contributed by atoms with Crippen LogP contribution in [0.1, 0.15) is 5.56 Å². The van der Waals surface area contributed by atoms with Crippen molar-refractivity contribution in [1.82, 2.24) is 15.0 Å². The second-order valence-electron chi connectivity index (χ2n) is 3.92. The molecular formula is C12H9ClN4O. The Morgan fingerprint density at radius 1 is 1.22 bits per heavy atom. The molecule has 0 amide bonds. The van der Waals surface area contributed by atoms with Crippen LogP contribution < -0.4 is 5.73 Å². The van der Waals surface area contributed by atoms with Gasteiger partial charge in [0.25, 0.3) is 0 Å². The summed E-state index contributed by atoms with van der Waals surface area (Å²) < 4.78 is 5.64. The number of oxazole rings is 1. The molecule has 0 bridgehead atoms. The minimum absolute atomic E-state index is 0.216. The number of fused-ring (bicyclic) bond motifs is 1. The molecule has 0 atom stereocenters. The maximum Gasteiger partial charge on any atom is 0.230 e. The summed E-state index contributed by atoms with van der Waals surface area (Å²) in [5.41, 5.74) is 8.44. The zero-order valence-corrected chi connectivity index (χ0v) is 10.3. The third-order valence-electron chi connectivity index (χ3n) is 2.59. The number of halogens is 1. The average molecular weight is 261 g/mol. The molecule has 3 rings (SSSR count). The predicted molar refractivity (Wildman–Crippen MR) is 69.2 cm³/mol. The van der Waals surface area contributed by atoms with Crippen molar-refractivity contribution in [2.24, 2.45) is 0 Å². The zero-order valence-electron chi connectivity index (χ0n) is 9.51. The van der Waals surface area contributed by atoms with E-state index >= 15 is 0 Å². The zero-order chi connectivity index (χ0) is 12.7. The molecule has 2 heterocycles. The molecule has 0 fully saturated rings. The number of nitrogen functional groups attached to an aromatic ring is 1. The lowest BCUT2D eigenvalue weighted by atomic mass is 10.2. The third-order valence-corrected chi connectivity index (χ3v) is 2.99. The smallest absolute Gasteiger partial charge is 0.230 e. The van der Waals surface area contributed by atoms with Gasteiger partial charge in [-0.1, -0.05) is 11.6 Å². The number of hydrogen-bond acceptors (Lipinski definition) is 5. The molecule has 5 nitrogen and oxygen atoms in total. The van der Waals surface area contributed by atoms with Gasteiger partial charge in [-0.05, 0) is 24.6 Å². The highest BCUT2D eigenvalue weighted by Gasteiger charge is 2.10. The highest BCUT2D eigenvalue weighted by molar-refractivity contribution is 6.32. The lowest BCUT2D eigenvalue weighted by molar-refractivity contribution is 0.619. The third kappa shape index (κ3) is 1.78. The van der Waals surface area contributed by atoms with E-state index in [1.165, 1.54) is 0 Å². The Morgan fingerprint density at radius 3 is 2.67 bits per heavy atom. The van der Waals surface area contributed by atoms with Gasteiger partial charge in [0.2, 0.25) is 11.8 Å². The molecule has 0 unspecified atom stereocenters. The van der Waals surface area contributed by atoms with E-state index in [1.54, 1.807) is 18.5 Å². The molecular weight excluding hydrogens is 252 g/mol. The second-order valence-corrected chi connectivity index (χ2v) is 4.33. The van der Waals surface area contributed by atoms with Gasteiger partial charge in [0.1, 0.15) is 5.52 Å². The fraction of sp³-hybridized carbons (Fsp3) is 0.0833. The average Bonchev–Trinajstić information content (AvgIpc) is 2.73. The molecule has 1 aromatic carbocycles. The van der Waals surface area contributed by atoms with Crippen molar-refractivity contribution in [3.05, 3.63) is 35.1 Å². The lowest BCUT2D eigenvalue weighted by Crippen LogP contribution is -1.93. The number of nitrogens with two attached hydrogens (primary N) is 1. The van der Waals surface area contributed by atoms with Gasteiger partial charge in [-0.15, -0.1) is 0 Å². The first-order chi connectivity index (χ1) is 8.63. The van der Waals surface area contributed by atoms with E-state index in [4.69, 9.17) is 21.8 Å². The van der Waals surface area contributed by atoms with E-state index in [-0.39, 0.29) is 5.95 Å². The summed E-state index contributed by atoms with van der Waals surface area (Å²) in [6.45, 7) is 1.91. The Hall–Kier alpha value is -2.14. The molecule has 0 spiro atoms. The van der Waals surface area contributed by atoms with Gasteiger partial charge >= 0.3 is 0 Å². The van der Waals surface area contributed by atoms with Gasteiger partial charge in [0, 0.05) is 17.4 Å². The van der Waals surface area contributed by atoms with Crippen LogP contribution in [0, 0.1) is 6.92 Å². The van der Waals surface area contributed by atoms with Gasteiger partial charge in [-0.2, -0.15) is 0 Å². The van der Waals surface area contributed by atoms with E-state index in [0.717, 1.165) is 5.56 Å². The van der Waals surface area contributed by atoms with Crippen molar-refractivity contribution in [2.45, 2.75) is 6.92 Å². The first-order valence-corrected chi connectivity index (χ1v) is 5.66. The minimum Gasteiger partial charge on any atom is -0.436 e. The molecule has 6 heteroatoms. The first kappa shape index (κ1) is 11.0. The van der Waals surface area contributed by atoms with Crippen molar-refractivity contribution >= 4 is 28.6 Å². The van der Waals surface area contributed by atoms with Crippen LogP contribution in [0.2, 0.25) is 5.02 Å². The van der Waals surface area contributed by atoms with Gasteiger partial charge < -0.3 is 10.2 Å². The fourth-order valence-electron chi connectivity index (χ4n) is 1.62. The normalized spacial score (nSPS) is 11.0. The molecule has 0 saturated carbocycles. The number of rotatable bonds is 1. The number of anilines is 1. The minimum atomic E-state index is 0.216. The predicted octanol–water partition coefficient (Wildman–Crippen LogP) is 2.83. The largest absolute Gasteiger partial charge is 0.436 e. The summed E-state index contributed by atoms with van der Waals surface area (Å²) in [4.78, 5) is 12.1. The molecule has 0 aliphatic carbocycles. The van der Waals surface area contributed by atoms with Crippen molar-refractivity contribution < 1.29 is 4.42 Å². The Morgan fingerprint density at radius 2 is 1.94 bits per heavy atom. The van der Waals surface area contributed by atoms with E-state index in [1.807, 2.05) is 13.0 Å². The standard InChI is InChI=1S/C12H9ClN4O/c1-6-2-10-9(3-8(6)13)17-11(18-10)7-4-15-12(14)16-5-7/h2-5H,1H3,(H2,14,15,16). The monoisotopic (exact) mass is 260 g/mol. The van der Waals surface area contributed by atoms with Crippen molar-refractivity contribution in [1.29, 1.82) is 0 Å². The summed E-state index contributed by atoms with van der Waals surface area (Å²) in [5, 5.41) is 0.663. The molecule has 0 aliphatic heterocycles. The highest BCUT2D eigenvalue weighted by atomic mass is 35.5. The van der Waals surface area contributed by atoms with Gasteiger partial charge in [-0.25, -0.2) is 15.0 Å². The summed E-state index contributed by atoms with van der Waals surface area (Å²) >= 11 is 6.04. The van der Waals surface area contributed by atoms with Crippen LogP contribution in [0.4, 0.5) is 5.95 Å². The van der Waals surface area contributed by atoms with Crippen LogP contribution in [-0.4, -0.2) is 15.0 Å². The molecule has 90 valence electrons. The Labute approximate surface area is 108 Å². The quantitative estimate of drug-likeness (QED) is 0.728. The molecule has 0 aliphatic rings. The highest BCUT2D eigenvalue weighted by Crippen LogP contribution is 2.27. The van der Waals surface area contributed by atoms with Crippen molar-refractivity contribution in [3.63, 3.8) is 0 Å². The van der Waals surface area contributed by atoms with Gasteiger partial charge in [-0.3, -0.25) is 0 Å². The number of nitrogens with zero attached hydrogens (tertiary/aromatic N) is 3. The van der Waals surface area contributed by atoms with Crippen LogP contribution in [-0.2, 0) is 0 Å². The summed E-state index contributed by atoms with van der Waals surface area (Å²) in [7, 11) is 0. The first-order valence-electron chi connectivity index (χ1n) is 5.28. The van der Waals surface area contributed by atoms with Gasteiger partial charge in [0.15, 0.2) is 5.58 Å². The molecule has 0 saturated heterocycles. The maximum absolute atomic E-state index is 6.04. The van der Waals surface area contributed by atoms with Gasteiger partial charge in [0.05, 0.1) is 5.56 Å². The number of benzene rings is 1. The summed E-state index contributed by atoms with van der Waals surface area (Å²) in [5.74, 6) is 0.667. The maximum atomic E-state index is 6.04. The van der Waals surface area contributed by atoms with Crippen LogP contribution in [0.15, 0.2) is 28.9 Å². The molecule has 2 N–H and O–H groups in total. The fourth-order valence-corrected chi connectivity index (χ4v) is 1.78. The molecule has 2 aromatic heterocycles. The summed E-state index contributed by atoms with van der Waals surface area (Å²) in [6.07, 6.45) is 3.14. The second kappa shape index (κ2) is 3.96. The number of aryl methyl sites for hydroxylation is 1. The van der Waals surface area contributed by atoms with Crippen LogP contribution >= 0.6 is 11.6 Å². The van der Waals surface area contributed by atoms with Crippen LogP contribution in [0.25, 0.3) is 22.6 Å².